The Bertz CT molecular complexity index is 467. The lowest BCUT2D eigenvalue weighted by Crippen LogP contribution is -2.32. The van der Waals surface area contributed by atoms with Crippen LogP contribution in [0, 0.1) is 13.8 Å². The first-order chi connectivity index (χ1) is 8.48. The standard InChI is InChI=1S/C15H20O3/c1-10-4-5-13(14(18-3)11(10)2)15(17)8-6-12(16)7-9-15/h4-5,17H,6-9H2,1-3H3. The Morgan fingerprint density at radius 1 is 1.22 bits per heavy atom. The van der Waals surface area contributed by atoms with E-state index in [-0.39, 0.29) is 5.78 Å². The SMILES string of the molecule is COc1c(C2(O)CCC(=O)CC2)ccc(C)c1C. The summed E-state index contributed by atoms with van der Waals surface area (Å²) in [6.45, 7) is 4.02. The first-order valence-corrected chi connectivity index (χ1v) is 6.37. The van der Waals surface area contributed by atoms with Crippen molar-refractivity contribution < 1.29 is 14.6 Å². The molecule has 0 atom stereocenters. The Morgan fingerprint density at radius 2 is 1.83 bits per heavy atom. The topological polar surface area (TPSA) is 46.5 Å². The maximum absolute atomic E-state index is 11.3. The summed E-state index contributed by atoms with van der Waals surface area (Å²) in [5.41, 5.74) is 2.10. The molecule has 98 valence electrons. The van der Waals surface area contributed by atoms with Crippen molar-refractivity contribution in [3.05, 3.63) is 28.8 Å². The van der Waals surface area contributed by atoms with Crippen LogP contribution >= 0.6 is 0 Å². The summed E-state index contributed by atoms with van der Waals surface area (Å²) in [4.78, 5) is 11.3. The minimum Gasteiger partial charge on any atom is -0.496 e. The second-order valence-corrected chi connectivity index (χ2v) is 5.16. The van der Waals surface area contributed by atoms with Gasteiger partial charge in [-0.15, -0.1) is 0 Å². The van der Waals surface area contributed by atoms with Crippen molar-refractivity contribution in [1.82, 2.24) is 0 Å². The normalized spacial score (nSPS) is 18.8. The van der Waals surface area contributed by atoms with Gasteiger partial charge in [0.2, 0.25) is 0 Å². The molecule has 0 amide bonds. The Balaban J connectivity index is 2.44. The number of ether oxygens (including phenoxy) is 1. The van der Waals surface area contributed by atoms with Crippen LogP contribution in [-0.4, -0.2) is 18.0 Å². The number of hydrogen-bond acceptors (Lipinski definition) is 3. The predicted molar refractivity (Wildman–Crippen MR) is 69.8 cm³/mol. The molecule has 2 rings (SSSR count). The minimum absolute atomic E-state index is 0.238. The van der Waals surface area contributed by atoms with Crippen LogP contribution in [0.4, 0.5) is 0 Å². The van der Waals surface area contributed by atoms with Crippen LogP contribution in [0.2, 0.25) is 0 Å². The molecule has 0 heterocycles. The summed E-state index contributed by atoms with van der Waals surface area (Å²) >= 11 is 0. The van der Waals surface area contributed by atoms with Crippen molar-refractivity contribution in [1.29, 1.82) is 0 Å². The van der Waals surface area contributed by atoms with Crippen LogP contribution in [0.5, 0.6) is 5.75 Å². The Hall–Kier alpha value is -1.35. The lowest BCUT2D eigenvalue weighted by atomic mass is 9.78. The number of hydrogen-bond donors (Lipinski definition) is 1. The Kier molecular flexibility index (Phi) is 3.44. The monoisotopic (exact) mass is 248 g/mol. The van der Waals surface area contributed by atoms with E-state index in [2.05, 4.69) is 0 Å². The van der Waals surface area contributed by atoms with Crippen LogP contribution in [0.3, 0.4) is 0 Å². The van der Waals surface area contributed by atoms with E-state index >= 15 is 0 Å². The second-order valence-electron chi connectivity index (χ2n) is 5.16. The van der Waals surface area contributed by atoms with Crippen LogP contribution in [0.25, 0.3) is 0 Å². The number of ketones is 1. The number of aliphatic hydroxyl groups is 1. The third kappa shape index (κ3) is 2.15. The molecule has 0 bridgehead atoms. The number of aryl methyl sites for hydroxylation is 1. The summed E-state index contributed by atoms with van der Waals surface area (Å²) in [6.07, 6.45) is 1.88. The lowest BCUT2D eigenvalue weighted by Gasteiger charge is -2.33. The van der Waals surface area contributed by atoms with E-state index in [0.717, 1.165) is 22.4 Å². The summed E-state index contributed by atoms with van der Waals surface area (Å²) in [5, 5.41) is 10.8. The Labute approximate surface area is 108 Å². The Morgan fingerprint density at radius 3 is 2.39 bits per heavy atom. The third-order valence-corrected chi connectivity index (χ3v) is 4.02. The van der Waals surface area contributed by atoms with Crippen LogP contribution in [0.1, 0.15) is 42.4 Å². The molecule has 0 aromatic heterocycles. The van der Waals surface area contributed by atoms with E-state index in [1.807, 2.05) is 26.0 Å². The van der Waals surface area contributed by atoms with Gasteiger partial charge in [0.05, 0.1) is 12.7 Å². The first kappa shape index (κ1) is 13.1. The number of carbonyl (C=O) groups is 1. The smallest absolute Gasteiger partial charge is 0.133 e. The van der Waals surface area contributed by atoms with Gasteiger partial charge in [0, 0.05) is 18.4 Å². The van der Waals surface area contributed by atoms with Gasteiger partial charge in [-0.3, -0.25) is 4.79 Å². The van der Waals surface area contributed by atoms with Gasteiger partial charge < -0.3 is 9.84 Å². The summed E-state index contributed by atoms with van der Waals surface area (Å²) in [5.74, 6) is 0.995. The van der Waals surface area contributed by atoms with E-state index in [1.54, 1.807) is 7.11 Å². The molecule has 1 saturated carbocycles. The van der Waals surface area contributed by atoms with Gasteiger partial charge in [-0.2, -0.15) is 0 Å². The van der Waals surface area contributed by atoms with Crippen molar-refractivity contribution in [2.75, 3.05) is 7.11 Å². The van der Waals surface area contributed by atoms with Crippen molar-refractivity contribution in [2.45, 2.75) is 45.1 Å². The molecular formula is C15H20O3. The summed E-state index contributed by atoms with van der Waals surface area (Å²) < 4.78 is 5.46. The molecule has 18 heavy (non-hydrogen) atoms. The fraction of sp³-hybridized carbons (Fsp3) is 0.533. The van der Waals surface area contributed by atoms with E-state index in [0.29, 0.717) is 25.7 Å². The second kappa shape index (κ2) is 4.73. The molecule has 0 spiro atoms. The average Bonchev–Trinajstić information content (AvgIpc) is 2.36. The summed E-state index contributed by atoms with van der Waals surface area (Å²) in [7, 11) is 1.63. The highest BCUT2D eigenvalue weighted by Gasteiger charge is 2.36. The molecule has 1 fully saturated rings. The van der Waals surface area contributed by atoms with Gasteiger partial charge in [-0.1, -0.05) is 12.1 Å². The molecular weight excluding hydrogens is 228 g/mol. The molecule has 3 heteroatoms. The molecule has 0 unspecified atom stereocenters. The number of carbonyl (C=O) groups excluding carboxylic acids is 1. The van der Waals surface area contributed by atoms with E-state index in [9.17, 15) is 9.90 Å². The molecule has 0 saturated heterocycles. The van der Waals surface area contributed by atoms with E-state index < -0.39 is 5.60 Å². The van der Waals surface area contributed by atoms with Gasteiger partial charge in [-0.25, -0.2) is 0 Å². The van der Waals surface area contributed by atoms with Crippen LogP contribution in [0.15, 0.2) is 12.1 Å². The number of methoxy groups -OCH3 is 1. The maximum Gasteiger partial charge on any atom is 0.133 e. The molecule has 1 aromatic rings. The zero-order valence-electron chi connectivity index (χ0n) is 11.2. The summed E-state index contributed by atoms with van der Waals surface area (Å²) in [6, 6.07) is 3.93. The quantitative estimate of drug-likeness (QED) is 0.875. The highest BCUT2D eigenvalue weighted by atomic mass is 16.5. The molecule has 3 nitrogen and oxygen atoms in total. The fourth-order valence-corrected chi connectivity index (χ4v) is 2.63. The van der Waals surface area contributed by atoms with Crippen LogP contribution in [-0.2, 0) is 10.4 Å². The molecule has 1 aromatic carbocycles. The highest BCUT2D eigenvalue weighted by molar-refractivity contribution is 5.79. The molecule has 1 aliphatic rings. The largest absolute Gasteiger partial charge is 0.496 e. The van der Waals surface area contributed by atoms with Gasteiger partial charge in [0.1, 0.15) is 11.5 Å². The third-order valence-electron chi connectivity index (χ3n) is 4.02. The maximum atomic E-state index is 11.3. The molecule has 1 N–H and O–H groups in total. The fourth-order valence-electron chi connectivity index (χ4n) is 2.63. The molecule has 0 radical (unpaired) electrons. The number of benzene rings is 1. The van der Waals surface area contributed by atoms with Gasteiger partial charge in [0.25, 0.3) is 0 Å². The highest BCUT2D eigenvalue weighted by Crippen LogP contribution is 2.42. The number of Topliss-reactive ketones (excluding diaryl/α,β-unsaturated/α-hetero) is 1. The van der Waals surface area contributed by atoms with Crippen molar-refractivity contribution in [3.63, 3.8) is 0 Å². The van der Waals surface area contributed by atoms with Gasteiger partial charge >= 0.3 is 0 Å². The first-order valence-electron chi connectivity index (χ1n) is 6.37. The van der Waals surface area contributed by atoms with Gasteiger partial charge in [-0.05, 0) is 37.8 Å². The van der Waals surface area contributed by atoms with Gasteiger partial charge in [0.15, 0.2) is 0 Å². The van der Waals surface area contributed by atoms with Crippen molar-refractivity contribution in [2.24, 2.45) is 0 Å². The molecule has 0 aliphatic heterocycles. The lowest BCUT2D eigenvalue weighted by molar-refractivity contribution is -0.125. The van der Waals surface area contributed by atoms with Crippen molar-refractivity contribution >= 4 is 5.78 Å². The van der Waals surface area contributed by atoms with E-state index in [1.165, 1.54) is 0 Å². The van der Waals surface area contributed by atoms with Crippen molar-refractivity contribution in [3.8, 4) is 5.75 Å². The van der Waals surface area contributed by atoms with Crippen LogP contribution < -0.4 is 4.74 Å². The van der Waals surface area contributed by atoms with E-state index in [4.69, 9.17) is 4.74 Å². The predicted octanol–water partition coefficient (Wildman–Crippen LogP) is 2.64. The molecule has 1 aliphatic carbocycles. The average molecular weight is 248 g/mol. The minimum atomic E-state index is -0.919. The zero-order valence-corrected chi connectivity index (χ0v) is 11.2. The zero-order chi connectivity index (χ0) is 13.3. The number of rotatable bonds is 2.